The highest BCUT2D eigenvalue weighted by Crippen LogP contribution is 2.23. The van der Waals surface area contributed by atoms with E-state index >= 15 is 0 Å². The number of hydrogen-bond acceptors (Lipinski definition) is 2. The number of hydrogen-bond donors (Lipinski definition) is 0. The zero-order valence-electron chi connectivity index (χ0n) is 12.5. The SMILES string of the molecule is CCN(C(=O)[C@@H](C)Oc1ccccc1)C1CCCCC1. The van der Waals surface area contributed by atoms with Gasteiger partial charge >= 0.3 is 0 Å². The third-order valence-electron chi connectivity index (χ3n) is 4.04. The highest BCUT2D eigenvalue weighted by Gasteiger charge is 2.28. The van der Waals surface area contributed by atoms with Crippen LogP contribution in [0, 0.1) is 0 Å². The standard InChI is InChI=1S/C17H25NO2/c1-3-18(15-10-6-4-7-11-15)17(19)14(2)20-16-12-8-5-9-13-16/h5,8-9,12-15H,3-4,6-7,10-11H2,1-2H3/t14-/m1/s1. The van der Waals surface area contributed by atoms with Crippen LogP contribution in [-0.4, -0.2) is 29.5 Å². The number of carbonyl (C=O) groups excluding carboxylic acids is 1. The summed E-state index contributed by atoms with van der Waals surface area (Å²) in [5.74, 6) is 0.872. The molecule has 0 spiro atoms. The number of benzene rings is 1. The predicted octanol–water partition coefficient (Wildman–Crippen LogP) is 3.64. The van der Waals surface area contributed by atoms with Gasteiger partial charge in [0.25, 0.3) is 5.91 Å². The molecule has 0 radical (unpaired) electrons. The van der Waals surface area contributed by atoms with Crippen LogP contribution in [0.25, 0.3) is 0 Å². The van der Waals surface area contributed by atoms with Crippen LogP contribution in [0.15, 0.2) is 30.3 Å². The average Bonchev–Trinajstić information content (AvgIpc) is 2.50. The molecule has 0 unspecified atom stereocenters. The van der Waals surface area contributed by atoms with E-state index in [2.05, 4.69) is 6.92 Å². The van der Waals surface area contributed by atoms with Gasteiger partial charge in [-0.05, 0) is 38.8 Å². The van der Waals surface area contributed by atoms with Gasteiger partial charge in [-0.15, -0.1) is 0 Å². The van der Waals surface area contributed by atoms with Crippen molar-refractivity contribution < 1.29 is 9.53 Å². The number of likely N-dealkylation sites (N-methyl/N-ethyl adjacent to an activating group) is 1. The highest BCUT2D eigenvalue weighted by atomic mass is 16.5. The lowest BCUT2D eigenvalue weighted by Crippen LogP contribution is -2.47. The molecule has 3 heteroatoms. The van der Waals surface area contributed by atoms with Crippen molar-refractivity contribution in [3.8, 4) is 5.75 Å². The number of para-hydroxylation sites is 1. The van der Waals surface area contributed by atoms with Crippen molar-refractivity contribution in [2.24, 2.45) is 0 Å². The molecule has 0 aliphatic heterocycles. The van der Waals surface area contributed by atoms with Crippen molar-refractivity contribution >= 4 is 5.91 Å². The molecule has 20 heavy (non-hydrogen) atoms. The van der Waals surface area contributed by atoms with E-state index < -0.39 is 6.10 Å². The summed E-state index contributed by atoms with van der Waals surface area (Å²) in [5.41, 5.74) is 0. The van der Waals surface area contributed by atoms with Gasteiger partial charge in [0.1, 0.15) is 5.75 Å². The average molecular weight is 275 g/mol. The summed E-state index contributed by atoms with van der Waals surface area (Å²) in [6.07, 6.45) is 5.64. The first-order valence-corrected chi connectivity index (χ1v) is 7.74. The normalized spacial score (nSPS) is 17.5. The molecule has 1 fully saturated rings. The molecular weight excluding hydrogens is 250 g/mol. The van der Waals surface area contributed by atoms with E-state index in [1.54, 1.807) is 0 Å². The number of carbonyl (C=O) groups is 1. The Balaban J connectivity index is 1.96. The minimum Gasteiger partial charge on any atom is -0.481 e. The molecule has 1 amide bonds. The summed E-state index contributed by atoms with van der Waals surface area (Å²) in [6, 6.07) is 9.97. The van der Waals surface area contributed by atoms with Gasteiger partial charge in [0.05, 0.1) is 0 Å². The Morgan fingerprint density at radius 1 is 1.25 bits per heavy atom. The van der Waals surface area contributed by atoms with Crippen molar-refractivity contribution in [1.82, 2.24) is 4.90 Å². The highest BCUT2D eigenvalue weighted by molar-refractivity contribution is 5.81. The van der Waals surface area contributed by atoms with Gasteiger partial charge in [0, 0.05) is 12.6 Å². The number of rotatable bonds is 5. The maximum absolute atomic E-state index is 12.6. The molecule has 0 bridgehead atoms. The van der Waals surface area contributed by atoms with E-state index in [0.717, 1.165) is 25.1 Å². The van der Waals surface area contributed by atoms with Gasteiger partial charge in [-0.3, -0.25) is 4.79 Å². The first kappa shape index (κ1) is 14.9. The summed E-state index contributed by atoms with van der Waals surface area (Å²) in [5, 5.41) is 0. The zero-order valence-corrected chi connectivity index (χ0v) is 12.5. The van der Waals surface area contributed by atoms with Crippen LogP contribution < -0.4 is 4.74 Å². The first-order valence-electron chi connectivity index (χ1n) is 7.74. The lowest BCUT2D eigenvalue weighted by atomic mass is 9.94. The van der Waals surface area contributed by atoms with Crippen LogP contribution in [0.1, 0.15) is 46.0 Å². The molecule has 1 saturated carbocycles. The Morgan fingerprint density at radius 3 is 2.50 bits per heavy atom. The van der Waals surface area contributed by atoms with Crippen molar-refractivity contribution in [2.75, 3.05) is 6.54 Å². The third-order valence-corrected chi connectivity index (χ3v) is 4.04. The Bertz CT molecular complexity index is 412. The molecule has 0 saturated heterocycles. The fraction of sp³-hybridized carbons (Fsp3) is 0.588. The fourth-order valence-corrected chi connectivity index (χ4v) is 2.97. The summed E-state index contributed by atoms with van der Waals surface area (Å²) in [7, 11) is 0. The van der Waals surface area contributed by atoms with E-state index in [4.69, 9.17) is 4.74 Å². The Kier molecular flexibility index (Phi) is 5.45. The number of nitrogens with zero attached hydrogens (tertiary/aromatic N) is 1. The lowest BCUT2D eigenvalue weighted by Gasteiger charge is -2.35. The molecule has 1 aliphatic carbocycles. The first-order chi connectivity index (χ1) is 9.72. The monoisotopic (exact) mass is 275 g/mol. The molecule has 1 atom stereocenters. The number of amides is 1. The van der Waals surface area contributed by atoms with Crippen molar-refractivity contribution in [1.29, 1.82) is 0 Å². The van der Waals surface area contributed by atoms with E-state index in [1.165, 1.54) is 19.3 Å². The van der Waals surface area contributed by atoms with Gasteiger partial charge in [-0.25, -0.2) is 0 Å². The van der Waals surface area contributed by atoms with Gasteiger partial charge < -0.3 is 9.64 Å². The lowest BCUT2D eigenvalue weighted by molar-refractivity contribution is -0.140. The fourth-order valence-electron chi connectivity index (χ4n) is 2.97. The maximum Gasteiger partial charge on any atom is 0.263 e. The molecule has 0 N–H and O–H groups in total. The van der Waals surface area contributed by atoms with Crippen molar-refractivity contribution in [2.45, 2.75) is 58.1 Å². The van der Waals surface area contributed by atoms with Gasteiger partial charge in [0.15, 0.2) is 6.10 Å². The Hall–Kier alpha value is -1.51. The van der Waals surface area contributed by atoms with E-state index in [1.807, 2.05) is 42.2 Å². The summed E-state index contributed by atoms with van der Waals surface area (Å²) in [4.78, 5) is 14.6. The summed E-state index contributed by atoms with van der Waals surface area (Å²) in [6.45, 7) is 4.68. The topological polar surface area (TPSA) is 29.5 Å². The minimum absolute atomic E-state index is 0.114. The minimum atomic E-state index is -0.417. The predicted molar refractivity (Wildman–Crippen MR) is 80.8 cm³/mol. The second-order valence-electron chi connectivity index (χ2n) is 5.49. The summed E-state index contributed by atoms with van der Waals surface area (Å²) < 4.78 is 5.76. The molecule has 2 rings (SSSR count). The van der Waals surface area contributed by atoms with E-state index in [9.17, 15) is 4.79 Å². The Labute approximate surface area is 121 Å². The van der Waals surface area contributed by atoms with Crippen LogP contribution in [-0.2, 0) is 4.79 Å². The maximum atomic E-state index is 12.6. The van der Waals surface area contributed by atoms with Crippen LogP contribution in [0.2, 0.25) is 0 Å². The largest absolute Gasteiger partial charge is 0.481 e. The van der Waals surface area contributed by atoms with Gasteiger partial charge in [0.2, 0.25) is 0 Å². The second kappa shape index (κ2) is 7.32. The van der Waals surface area contributed by atoms with Crippen molar-refractivity contribution in [3.63, 3.8) is 0 Å². The van der Waals surface area contributed by atoms with E-state index in [-0.39, 0.29) is 5.91 Å². The van der Waals surface area contributed by atoms with Crippen LogP contribution in [0.5, 0.6) is 5.75 Å². The molecular formula is C17H25NO2. The van der Waals surface area contributed by atoms with Crippen LogP contribution in [0.4, 0.5) is 0 Å². The molecule has 110 valence electrons. The van der Waals surface area contributed by atoms with Crippen molar-refractivity contribution in [3.05, 3.63) is 30.3 Å². The molecule has 3 nitrogen and oxygen atoms in total. The van der Waals surface area contributed by atoms with Crippen LogP contribution in [0.3, 0.4) is 0 Å². The molecule has 1 aromatic rings. The van der Waals surface area contributed by atoms with Gasteiger partial charge in [-0.1, -0.05) is 37.5 Å². The quantitative estimate of drug-likeness (QED) is 0.821. The summed E-state index contributed by atoms with van der Waals surface area (Å²) >= 11 is 0. The third kappa shape index (κ3) is 3.75. The molecule has 1 aromatic carbocycles. The van der Waals surface area contributed by atoms with E-state index in [0.29, 0.717) is 6.04 Å². The van der Waals surface area contributed by atoms with Gasteiger partial charge in [-0.2, -0.15) is 0 Å². The smallest absolute Gasteiger partial charge is 0.263 e. The van der Waals surface area contributed by atoms with Crippen LogP contribution >= 0.6 is 0 Å². The second-order valence-corrected chi connectivity index (χ2v) is 5.49. The molecule has 1 aliphatic rings. The Morgan fingerprint density at radius 2 is 1.90 bits per heavy atom. The molecule has 0 aromatic heterocycles. The molecule has 0 heterocycles. The zero-order chi connectivity index (χ0) is 14.4. The number of ether oxygens (including phenoxy) is 1.